The number of aromatic hydroxyl groups is 3. The predicted octanol–water partition coefficient (Wildman–Crippen LogP) is 3.14. The van der Waals surface area contributed by atoms with Crippen molar-refractivity contribution in [2.45, 2.75) is 0 Å². The summed E-state index contributed by atoms with van der Waals surface area (Å²) in [6.07, 6.45) is 1.34. The van der Waals surface area contributed by atoms with Crippen LogP contribution in [0.2, 0.25) is 5.02 Å². The van der Waals surface area contributed by atoms with Crippen LogP contribution in [-0.4, -0.2) is 25.3 Å². The number of benzene rings is 2. The molecule has 3 rings (SSSR count). The average molecular weight is 304 g/mol. The molecule has 6 nitrogen and oxygen atoms in total. The van der Waals surface area contributed by atoms with Crippen LogP contribution in [0.25, 0.3) is 10.9 Å². The van der Waals surface area contributed by atoms with E-state index in [0.29, 0.717) is 22.4 Å². The van der Waals surface area contributed by atoms with Gasteiger partial charge in [-0.15, -0.1) is 0 Å². The smallest absolute Gasteiger partial charge is 0.159 e. The SMILES string of the molecule is Oc1cc2ncnc(Nc3ccc(O)c(Cl)c3)c2cc1O. The fraction of sp³-hybridized carbons (Fsp3) is 0. The molecule has 0 amide bonds. The minimum atomic E-state index is -0.260. The van der Waals surface area contributed by atoms with Gasteiger partial charge in [-0.05, 0) is 24.3 Å². The van der Waals surface area contributed by atoms with Crippen molar-refractivity contribution in [3.05, 3.63) is 41.7 Å². The molecule has 0 saturated heterocycles. The van der Waals surface area contributed by atoms with Gasteiger partial charge < -0.3 is 20.6 Å². The fourth-order valence-corrected chi connectivity index (χ4v) is 2.08. The lowest BCUT2D eigenvalue weighted by Crippen LogP contribution is -1.96. The summed E-state index contributed by atoms with van der Waals surface area (Å²) in [6, 6.07) is 7.36. The number of aromatic nitrogens is 2. The zero-order chi connectivity index (χ0) is 15.0. The van der Waals surface area contributed by atoms with Gasteiger partial charge in [0.15, 0.2) is 11.5 Å². The zero-order valence-corrected chi connectivity index (χ0v) is 11.3. The first kappa shape index (κ1) is 13.3. The van der Waals surface area contributed by atoms with Crippen molar-refractivity contribution < 1.29 is 15.3 Å². The van der Waals surface area contributed by atoms with E-state index >= 15 is 0 Å². The van der Waals surface area contributed by atoms with E-state index in [1.165, 1.54) is 24.5 Å². The van der Waals surface area contributed by atoms with Gasteiger partial charge in [0.25, 0.3) is 0 Å². The molecule has 4 N–H and O–H groups in total. The van der Waals surface area contributed by atoms with Gasteiger partial charge in [-0.3, -0.25) is 0 Å². The highest BCUT2D eigenvalue weighted by Crippen LogP contribution is 2.33. The number of phenols is 3. The van der Waals surface area contributed by atoms with Crippen molar-refractivity contribution in [3.63, 3.8) is 0 Å². The predicted molar refractivity (Wildman–Crippen MR) is 79.3 cm³/mol. The van der Waals surface area contributed by atoms with Crippen LogP contribution in [0.3, 0.4) is 0 Å². The molecule has 1 heterocycles. The molecule has 2 aromatic carbocycles. The van der Waals surface area contributed by atoms with Gasteiger partial charge in [0, 0.05) is 17.1 Å². The Balaban J connectivity index is 2.07. The van der Waals surface area contributed by atoms with E-state index in [1.54, 1.807) is 12.1 Å². The third-order valence-electron chi connectivity index (χ3n) is 2.94. The molecule has 0 saturated carbocycles. The summed E-state index contributed by atoms with van der Waals surface area (Å²) in [6.45, 7) is 0. The molecule has 1 aromatic heterocycles. The Bertz CT molecular complexity index is 839. The Morgan fingerprint density at radius 1 is 0.905 bits per heavy atom. The molecule has 0 spiro atoms. The summed E-state index contributed by atoms with van der Waals surface area (Å²) >= 11 is 5.85. The van der Waals surface area contributed by atoms with Crippen molar-refractivity contribution in [2.24, 2.45) is 0 Å². The van der Waals surface area contributed by atoms with E-state index in [0.717, 1.165) is 0 Å². The molecule has 3 aromatic rings. The molecule has 106 valence electrons. The first-order valence-corrected chi connectivity index (χ1v) is 6.34. The molecule has 0 aliphatic carbocycles. The van der Waals surface area contributed by atoms with Gasteiger partial charge in [0.05, 0.1) is 10.5 Å². The molecular weight excluding hydrogens is 294 g/mol. The lowest BCUT2D eigenvalue weighted by Gasteiger charge is -2.10. The second-order valence-corrected chi connectivity index (χ2v) is 4.78. The van der Waals surface area contributed by atoms with Gasteiger partial charge in [-0.1, -0.05) is 11.6 Å². The van der Waals surface area contributed by atoms with Gasteiger partial charge in [0.2, 0.25) is 0 Å². The maximum atomic E-state index is 9.60. The molecule has 0 bridgehead atoms. The van der Waals surface area contributed by atoms with E-state index < -0.39 is 0 Å². The molecular formula is C14H10ClN3O3. The molecule has 0 fully saturated rings. The molecule has 0 aliphatic heterocycles. The van der Waals surface area contributed by atoms with Gasteiger partial charge in [-0.2, -0.15) is 0 Å². The van der Waals surface area contributed by atoms with Crippen molar-refractivity contribution in [3.8, 4) is 17.2 Å². The number of halogens is 1. The number of phenolic OH excluding ortho intramolecular Hbond substituents is 3. The highest BCUT2D eigenvalue weighted by atomic mass is 35.5. The third kappa shape index (κ3) is 2.48. The third-order valence-corrected chi connectivity index (χ3v) is 3.24. The van der Waals surface area contributed by atoms with E-state index in [2.05, 4.69) is 15.3 Å². The summed E-state index contributed by atoms with van der Waals surface area (Å²) in [5, 5.41) is 32.3. The average Bonchev–Trinajstić information content (AvgIpc) is 2.45. The fourth-order valence-electron chi connectivity index (χ4n) is 1.90. The molecule has 21 heavy (non-hydrogen) atoms. The van der Waals surface area contributed by atoms with Crippen LogP contribution in [0, 0.1) is 0 Å². The molecule has 0 atom stereocenters. The van der Waals surface area contributed by atoms with Crippen LogP contribution < -0.4 is 5.32 Å². The number of nitrogens with zero attached hydrogens (tertiary/aromatic N) is 2. The van der Waals surface area contributed by atoms with Gasteiger partial charge in [-0.25, -0.2) is 9.97 Å². The Labute approximate surface area is 124 Å². The van der Waals surface area contributed by atoms with Crippen LogP contribution in [0.1, 0.15) is 0 Å². The maximum Gasteiger partial charge on any atom is 0.159 e. The minimum absolute atomic E-state index is 0.0164. The maximum absolute atomic E-state index is 9.60. The summed E-state index contributed by atoms with van der Waals surface area (Å²) < 4.78 is 0. The van der Waals surface area contributed by atoms with Gasteiger partial charge in [0.1, 0.15) is 17.9 Å². The second-order valence-electron chi connectivity index (χ2n) is 4.37. The quantitative estimate of drug-likeness (QED) is 0.429. The summed E-state index contributed by atoms with van der Waals surface area (Å²) in [5.74, 6) is -0.0849. The molecule has 0 aliphatic rings. The number of fused-ring (bicyclic) bond motifs is 1. The first-order valence-electron chi connectivity index (χ1n) is 5.97. The van der Waals surface area contributed by atoms with Crippen LogP contribution in [0.4, 0.5) is 11.5 Å². The number of nitrogens with one attached hydrogen (secondary N) is 1. The van der Waals surface area contributed by atoms with Crippen LogP contribution in [-0.2, 0) is 0 Å². The van der Waals surface area contributed by atoms with Crippen molar-refractivity contribution in [1.29, 1.82) is 0 Å². The molecule has 0 radical (unpaired) electrons. The number of anilines is 2. The van der Waals surface area contributed by atoms with Gasteiger partial charge >= 0.3 is 0 Å². The van der Waals surface area contributed by atoms with Crippen molar-refractivity contribution in [1.82, 2.24) is 9.97 Å². The number of hydrogen-bond acceptors (Lipinski definition) is 6. The lowest BCUT2D eigenvalue weighted by atomic mass is 10.2. The second kappa shape index (κ2) is 4.99. The van der Waals surface area contributed by atoms with E-state index in [4.69, 9.17) is 11.6 Å². The Morgan fingerprint density at radius 2 is 1.67 bits per heavy atom. The summed E-state index contributed by atoms with van der Waals surface area (Å²) in [7, 11) is 0. The first-order chi connectivity index (χ1) is 10.0. The Kier molecular flexibility index (Phi) is 3.15. The largest absolute Gasteiger partial charge is 0.506 e. The topological polar surface area (TPSA) is 98.5 Å². The number of rotatable bonds is 2. The van der Waals surface area contributed by atoms with Crippen LogP contribution in [0.15, 0.2) is 36.7 Å². The summed E-state index contributed by atoms with van der Waals surface area (Å²) in [4.78, 5) is 8.13. The zero-order valence-electron chi connectivity index (χ0n) is 10.6. The van der Waals surface area contributed by atoms with E-state index in [-0.39, 0.29) is 22.3 Å². The van der Waals surface area contributed by atoms with Crippen molar-refractivity contribution in [2.75, 3.05) is 5.32 Å². The number of hydrogen-bond donors (Lipinski definition) is 4. The van der Waals surface area contributed by atoms with Crippen LogP contribution >= 0.6 is 11.6 Å². The molecule has 7 heteroatoms. The minimum Gasteiger partial charge on any atom is -0.506 e. The van der Waals surface area contributed by atoms with Crippen LogP contribution in [0.5, 0.6) is 17.2 Å². The van der Waals surface area contributed by atoms with E-state index in [1.807, 2.05) is 0 Å². The molecule has 0 unspecified atom stereocenters. The highest BCUT2D eigenvalue weighted by molar-refractivity contribution is 6.32. The summed E-state index contributed by atoms with van der Waals surface area (Å²) in [5.41, 5.74) is 1.10. The lowest BCUT2D eigenvalue weighted by molar-refractivity contribution is 0.405. The monoisotopic (exact) mass is 303 g/mol. The highest BCUT2D eigenvalue weighted by Gasteiger charge is 2.09. The Morgan fingerprint density at radius 3 is 2.43 bits per heavy atom. The normalized spacial score (nSPS) is 10.7. The van der Waals surface area contributed by atoms with E-state index in [9.17, 15) is 15.3 Å². The van der Waals surface area contributed by atoms with Crippen molar-refractivity contribution >= 4 is 34.0 Å². The Hall–Kier alpha value is -2.73. The standard InChI is InChI=1S/C14H10ClN3O3/c15-9-3-7(1-2-11(9)19)18-14-8-4-12(20)13(21)5-10(8)16-6-17-14/h1-6,19-21H,(H,16,17,18).